The van der Waals surface area contributed by atoms with Gasteiger partial charge in [0.15, 0.2) is 0 Å². The number of aryl methyl sites for hydroxylation is 1. The summed E-state index contributed by atoms with van der Waals surface area (Å²) in [6, 6.07) is 20.6. The molecule has 0 bridgehead atoms. The number of carbonyl (C=O) groups excluding carboxylic acids is 2. The Bertz CT molecular complexity index is 794. The number of fused-ring (bicyclic) bond motifs is 1. The lowest BCUT2D eigenvalue weighted by Gasteiger charge is -2.35. The summed E-state index contributed by atoms with van der Waals surface area (Å²) < 4.78 is 0. The number of benzene rings is 2. The number of nitrogens with one attached hydrogen (secondary N) is 2. The molecular formula is C22H25N3O2. The van der Waals surface area contributed by atoms with E-state index in [9.17, 15) is 9.59 Å². The van der Waals surface area contributed by atoms with Gasteiger partial charge in [0.25, 0.3) is 5.91 Å². The molecule has 4 rings (SSSR count). The Labute approximate surface area is 159 Å². The summed E-state index contributed by atoms with van der Waals surface area (Å²) in [5, 5.41) is 0. The fourth-order valence-electron chi connectivity index (χ4n) is 4.16. The van der Waals surface area contributed by atoms with Gasteiger partial charge in [-0.1, -0.05) is 60.7 Å². The third-order valence-electron chi connectivity index (χ3n) is 5.68. The minimum absolute atomic E-state index is 0.159. The van der Waals surface area contributed by atoms with Crippen molar-refractivity contribution in [3.05, 3.63) is 71.8 Å². The molecule has 140 valence electrons. The van der Waals surface area contributed by atoms with Crippen LogP contribution in [0.4, 0.5) is 0 Å². The van der Waals surface area contributed by atoms with Crippen molar-refractivity contribution in [3.63, 3.8) is 0 Å². The van der Waals surface area contributed by atoms with E-state index in [2.05, 4.69) is 23.0 Å². The number of carbonyl (C=O) groups is 2. The van der Waals surface area contributed by atoms with Crippen molar-refractivity contribution < 1.29 is 9.59 Å². The Morgan fingerprint density at radius 2 is 1.67 bits per heavy atom. The topological polar surface area (TPSA) is 61.4 Å². The third-order valence-corrected chi connectivity index (χ3v) is 5.68. The van der Waals surface area contributed by atoms with Gasteiger partial charge >= 0.3 is 0 Å². The molecule has 3 unspecified atom stereocenters. The van der Waals surface area contributed by atoms with Crippen LogP contribution in [-0.2, 0) is 16.0 Å². The molecule has 2 aliphatic heterocycles. The number of Topliss-reactive ketones (excluding diaryl/α,β-unsaturated/α-hetero) is 1. The van der Waals surface area contributed by atoms with Crippen molar-refractivity contribution in [2.75, 3.05) is 13.1 Å². The molecule has 2 heterocycles. The molecule has 2 aliphatic rings. The molecule has 0 radical (unpaired) electrons. The van der Waals surface area contributed by atoms with E-state index in [1.165, 1.54) is 5.56 Å². The number of piperidine rings is 1. The number of hydrogen-bond acceptors (Lipinski definition) is 4. The molecule has 3 atom stereocenters. The van der Waals surface area contributed by atoms with Gasteiger partial charge in [-0.15, -0.1) is 0 Å². The molecule has 27 heavy (non-hydrogen) atoms. The number of hydrogen-bond donors (Lipinski definition) is 2. The van der Waals surface area contributed by atoms with Gasteiger partial charge in [0.05, 0.1) is 6.04 Å². The predicted octanol–water partition coefficient (Wildman–Crippen LogP) is 2.25. The molecule has 5 heteroatoms. The van der Waals surface area contributed by atoms with Crippen molar-refractivity contribution in [3.8, 4) is 0 Å². The molecule has 2 N–H and O–H groups in total. The second-order valence-electron chi connectivity index (χ2n) is 7.40. The van der Waals surface area contributed by atoms with E-state index < -0.39 is 0 Å². The summed E-state index contributed by atoms with van der Waals surface area (Å²) in [5.74, 6) is -0.345. The van der Waals surface area contributed by atoms with Crippen molar-refractivity contribution >= 4 is 11.7 Å². The molecule has 5 nitrogen and oxygen atoms in total. The van der Waals surface area contributed by atoms with Crippen LogP contribution in [0.3, 0.4) is 0 Å². The van der Waals surface area contributed by atoms with Gasteiger partial charge < -0.3 is 4.90 Å². The van der Waals surface area contributed by atoms with E-state index >= 15 is 0 Å². The van der Waals surface area contributed by atoms with Crippen LogP contribution >= 0.6 is 0 Å². The second kappa shape index (κ2) is 8.03. The van der Waals surface area contributed by atoms with Crippen molar-refractivity contribution in [2.24, 2.45) is 5.92 Å². The summed E-state index contributed by atoms with van der Waals surface area (Å²) >= 11 is 0. The minimum Gasteiger partial charge on any atom is -0.336 e. The summed E-state index contributed by atoms with van der Waals surface area (Å²) in [5.41, 5.74) is 9.05. The average molecular weight is 363 g/mol. The molecule has 1 amide bonds. The predicted molar refractivity (Wildman–Crippen MR) is 104 cm³/mol. The Hall–Kier alpha value is -2.50. The summed E-state index contributed by atoms with van der Waals surface area (Å²) in [4.78, 5) is 26.9. The smallest absolute Gasteiger partial charge is 0.289 e. The highest BCUT2D eigenvalue weighted by atomic mass is 16.2. The van der Waals surface area contributed by atoms with Gasteiger partial charge in [-0.2, -0.15) is 0 Å². The van der Waals surface area contributed by atoms with E-state index in [-0.39, 0.29) is 30.1 Å². The van der Waals surface area contributed by atoms with E-state index in [0.717, 1.165) is 12.0 Å². The second-order valence-corrected chi connectivity index (χ2v) is 7.40. The highest BCUT2D eigenvalue weighted by Gasteiger charge is 2.42. The van der Waals surface area contributed by atoms with Crippen LogP contribution in [0.5, 0.6) is 0 Å². The van der Waals surface area contributed by atoms with Crippen LogP contribution in [0.1, 0.15) is 30.0 Å². The molecule has 2 aromatic carbocycles. The maximum atomic E-state index is 12.7. The Morgan fingerprint density at radius 3 is 2.41 bits per heavy atom. The molecule has 2 fully saturated rings. The first-order valence-electron chi connectivity index (χ1n) is 9.64. The minimum atomic E-state index is -0.330. The van der Waals surface area contributed by atoms with Crippen molar-refractivity contribution in [1.82, 2.24) is 15.8 Å². The first-order valence-corrected chi connectivity index (χ1v) is 9.64. The van der Waals surface area contributed by atoms with E-state index in [1.54, 1.807) is 4.90 Å². The maximum Gasteiger partial charge on any atom is 0.289 e. The summed E-state index contributed by atoms with van der Waals surface area (Å²) in [6.45, 7) is 1.24. The van der Waals surface area contributed by atoms with Crippen molar-refractivity contribution in [1.29, 1.82) is 0 Å². The van der Waals surface area contributed by atoms with Gasteiger partial charge in [-0.3, -0.25) is 15.0 Å². The fraction of sp³-hybridized carbons (Fsp3) is 0.364. The van der Waals surface area contributed by atoms with Gasteiger partial charge in [0, 0.05) is 31.5 Å². The molecule has 0 spiro atoms. The number of nitrogens with zero attached hydrogens (tertiary/aromatic N) is 1. The summed E-state index contributed by atoms with van der Waals surface area (Å²) in [6.07, 6.45) is 1.74. The van der Waals surface area contributed by atoms with E-state index in [1.807, 2.05) is 48.5 Å². The first kappa shape index (κ1) is 17.9. The number of likely N-dealkylation sites (tertiary alicyclic amines) is 1. The van der Waals surface area contributed by atoms with Gasteiger partial charge in [-0.25, -0.2) is 5.43 Å². The molecule has 0 aromatic heterocycles. The largest absolute Gasteiger partial charge is 0.336 e. The Kier molecular flexibility index (Phi) is 5.32. The van der Waals surface area contributed by atoms with Crippen LogP contribution in [0, 0.1) is 5.92 Å². The zero-order valence-corrected chi connectivity index (χ0v) is 15.3. The van der Waals surface area contributed by atoms with Crippen LogP contribution < -0.4 is 10.9 Å². The lowest BCUT2D eigenvalue weighted by atomic mass is 9.85. The highest BCUT2D eigenvalue weighted by Crippen LogP contribution is 2.33. The van der Waals surface area contributed by atoms with Crippen molar-refractivity contribution in [2.45, 2.75) is 31.3 Å². The number of hydrazine groups is 1. The number of ketones is 1. The van der Waals surface area contributed by atoms with Gasteiger partial charge in [0.1, 0.15) is 0 Å². The quantitative estimate of drug-likeness (QED) is 0.800. The van der Waals surface area contributed by atoms with Crippen LogP contribution in [0.2, 0.25) is 0 Å². The first-order chi connectivity index (χ1) is 13.2. The molecule has 2 aromatic rings. The number of amides is 1. The monoisotopic (exact) mass is 363 g/mol. The molecule has 2 saturated heterocycles. The zero-order chi connectivity index (χ0) is 18.6. The average Bonchev–Trinajstić information content (AvgIpc) is 3.16. The third kappa shape index (κ3) is 3.94. The fourth-order valence-corrected chi connectivity index (χ4v) is 4.16. The SMILES string of the molecule is O=C(CCc1ccccc1)C(=O)N1CCC2NNC(c3ccccc3)C2C1. The normalized spacial score (nSPS) is 24.4. The standard InChI is InChI=1S/C22H25N3O2/c26-20(12-11-16-7-3-1-4-8-16)22(27)25-14-13-19-18(15-25)21(24-23-19)17-9-5-2-6-10-17/h1-10,18-19,21,23-24H,11-15H2. The van der Waals surface area contributed by atoms with E-state index in [0.29, 0.717) is 25.6 Å². The lowest BCUT2D eigenvalue weighted by molar-refractivity contribution is -0.146. The number of rotatable bonds is 5. The zero-order valence-electron chi connectivity index (χ0n) is 15.3. The summed E-state index contributed by atoms with van der Waals surface area (Å²) in [7, 11) is 0. The van der Waals surface area contributed by atoms with Crippen LogP contribution in [-0.4, -0.2) is 35.7 Å². The lowest BCUT2D eigenvalue weighted by Crippen LogP contribution is -2.49. The Balaban J connectivity index is 1.38. The van der Waals surface area contributed by atoms with E-state index in [4.69, 9.17) is 0 Å². The molecule has 0 saturated carbocycles. The van der Waals surface area contributed by atoms with Gasteiger partial charge in [-0.05, 0) is 24.0 Å². The Morgan fingerprint density at radius 1 is 0.963 bits per heavy atom. The van der Waals surface area contributed by atoms with Gasteiger partial charge in [0.2, 0.25) is 5.78 Å². The van der Waals surface area contributed by atoms with Crippen LogP contribution in [0.15, 0.2) is 60.7 Å². The highest BCUT2D eigenvalue weighted by molar-refractivity contribution is 6.36. The molecule has 0 aliphatic carbocycles. The van der Waals surface area contributed by atoms with Crippen LogP contribution in [0.25, 0.3) is 0 Å². The molecular weight excluding hydrogens is 338 g/mol. The maximum absolute atomic E-state index is 12.7.